The second-order valence-electron chi connectivity index (χ2n) is 4.86. The fourth-order valence-electron chi connectivity index (χ4n) is 1.02. The molecule has 0 saturated heterocycles. The standard InChI is InChI=1S/C10H15ClN4O2/c1-6(10(2,3)4)13-8-7(15(16)17)5-12-9(11)14-8/h5-6H,1-4H3,(H,12,13,14). The van der Waals surface area contributed by atoms with Crippen LogP contribution in [0.15, 0.2) is 6.20 Å². The van der Waals surface area contributed by atoms with Gasteiger partial charge in [0.15, 0.2) is 0 Å². The third-order valence-electron chi connectivity index (χ3n) is 2.59. The summed E-state index contributed by atoms with van der Waals surface area (Å²) in [6.45, 7) is 8.01. The smallest absolute Gasteiger partial charge is 0.329 e. The van der Waals surface area contributed by atoms with E-state index in [1.165, 1.54) is 0 Å². The van der Waals surface area contributed by atoms with Gasteiger partial charge in [0.25, 0.3) is 0 Å². The van der Waals surface area contributed by atoms with Crippen molar-refractivity contribution in [3.05, 3.63) is 21.6 Å². The van der Waals surface area contributed by atoms with Crippen molar-refractivity contribution in [1.29, 1.82) is 0 Å². The molecule has 1 unspecified atom stereocenters. The molecule has 1 aromatic rings. The molecule has 0 bridgehead atoms. The van der Waals surface area contributed by atoms with Gasteiger partial charge in [-0.3, -0.25) is 10.1 Å². The Labute approximate surface area is 105 Å². The lowest BCUT2D eigenvalue weighted by Gasteiger charge is -2.28. The molecular formula is C10H15ClN4O2. The molecule has 1 rings (SSSR count). The number of nitrogens with one attached hydrogen (secondary N) is 1. The minimum Gasteiger partial charge on any atom is -0.361 e. The van der Waals surface area contributed by atoms with Crippen molar-refractivity contribution in [1.82, 2.24) is 9.97 Å². The molecule has 0 amide bonds. The maximum Gasteiger partial charge on any atom is 0.329 e. The highest BCUT2D eigenvalue weighted by molar-refractivity contribution is 6.28. The molecule has 0 fully saturated rings. The van der Waals surface area contributed by atoms with Crippen molar-refractivity contribution in [2.75, 3.05) is 5.32 Å². The molecule has 1 heterocycles. The molecule has 17 heavy (non-hydrogen) atoms. The van der Waals surface area contributed by atoms with Gasteiger partial charge in [-0.05, 0) is 23.9 Å². The van der Waals surface area contributed by atoms with E-state index in [9.17, 15) is 10.1 Å². The lowest BCUT2D eigenvalue weighted by molar-refractivity contribution is -0.384. The molecular weight excluding hydrogens is 244 g/mol. The van der Waals surface area contributed by atoms with E-state index in [1.54, 1.807) is 0 Å². The molecule has 0 saturated carbocycles. The fraction of sp³-hybridized carbons (Fsp3) is 0.600. The molecule has 0 aliphatic carbocycles. The van der Waals surface area contributed by atoms with E-state index in [0.717, 1.165) is 6.20 Å². The third kappa shape index (κ3) is 3.52. The number of rotatable bonds is 3. The first-order valence-electron chi connectivity index (χ1n) is 5.15. The van der Waals surface area contributed by atoms with Crippen LogP contribution in [0.4, 0.5) is 11.5 Å². The molecule has 94 valence electrons. The monoisotopic (exact) mass is 258 g/mol. The summed E-state index contributed by atoms with van der Waals surface area (Å²) in [5.41, 5.74) is -0.226. The summed E-state index contributed by atoms with van der Waals surface area (Å²) in [4.78, 5) is 17.7. The maximum atomic E-state index is 10.8. The lowest BCUT2D eigenvalue weighted by atomic mass is 9.88. The van der Waals surface area contributed by atoms with Crippen molar-refractivity contribution in [2.45, 2.75) is 33.7 Å². The van der Waals surface area contributed by atoms with Crippen LogP contribution in [0, 0.1) is 15.5 Å². The van der Waals surface area contributed by atoms with Crippen molar-refractivity contribution in [2.24, 2.45) is 5.41 Å². The molecule has 7 heteroatoms. The average Bonchev–Trinajstić information content (AvgIpc) is 2.15. The van der Waals surface area contributed by atoms with Crippen LogP contribution in [0.2, 0.25) is 5.28 Å². The van der Waals surface area contributed by atoms with Crippen molar-refractivity contribution >= 4 is 23.1 Å². The van der Waals surface area contributed by atoms with Gasteiger partial charge in [0.1, 0.15) is 6.20 Å². The minimum absolute atomic E-state index is 0.00664. The van der Waals surface area contributed by atoms with Crippen molar-refractivity contribution in [3.63, 3.8) is 0 Å². The van der Waals surface area contributed by atoms with E-state index < -0.39 is 4.92 Å². The quantitative estimate of drug-likeness (QED) is 0.512. The van der Waals surface area contributed by atoms with Crippen LogP contribution in [0.3, 0.4) is 0 Å². The van der Waals surface area contributed by atoms with Crippen LogP contribution in [0.5, 0.6) is 0 Å². The van der Waals surface area contributed by atoms with E-state index in [-0.39, 0.29) is 28.2 Å². The lowest BCUT2D eigenvalue weighted by Crippen LogP contribution is -2.31. The highest BCUT2D eigenvalue weighted by Gasteiger charge is 2.24. The number of aromatic nitrogens is 2. The highest BCUT2D eigenvalue weighted by atomic mass is 35.5. The zero-order valence-corrected chi connectivity index (χ0v) is 10.9. The topological polar surface area (TPSA) is 81.0 Å². The molecule has 0 spiro atoms. The molecule has 0 radical (unpaired) electrons. The van der Waals surface area contributed by atoms with Crippen LogP contribution in [0.25, 0.3) is 0 Å². The normalized spacial score (nSPS) is 13.2. The highest BCUT2D eigenvalue weighted by Crippen LogP contribution is 2.27. The van der Waals surface area contributed by atoms with Crippen molar-refractivity contribution < 1.29 is 4.92 Å². The molecule has 0 aliphatic heterocycles. The van der Waals surface area contributed by atoms with Gasteiger partial charge in [0.05, 0.1) is 4.92 Å². The van der Waals surface area contributed by atoms with Crippen molar-refractivity contribution in [3.8, 4) is 0 Å². The maximum absolute atomic E-state index is 10.8. The summed E-state index contributed by atoms with van der Waals surface area (Å²) in [5, 5.41) is 13.8. The molecule has 1 atom stereocenters. The summed E-state index contributed by atoms with van der Waals surface area (Å²) < 4.78 is 0. The first-order valence-corrected chi connectivity index (χ1v) is 5.53. The van der Waals surface area contributed by atoms with E-state index in [1.807, 2.05) is 27.7 Å². The molecule has 0 aromatic carbocycles. The van der Waals surface area contributed by atoms with E-state index in [4.69, 9.17) is 11.6 Å². The second-order valence-corrected chi connectivity index (χ2v) is 5.20. The number of hydrogen-bond acceptors (Lipinski definition) is 5. The number of nitro groups is 1. The van der Waals surface area contributed by atoms with Crippen LogP contribution in [-0.2, 0) is 0 Å². The SMILES string of the molecule is CC(Nc1nc(Cl)ncc1[N+](=O)[O-])C(C)(C)C. The zero-order chi connectivity index (χ0) is 13.2. The predicted molar refractivity (Wildman–Crippen MR) is 66.2 cm³/mol. The Kier molecular flexibility index (Phi) is 3.87. The predicted octanol–water partition coefficient (Wildman–Crippen LogP) is 2.88. The van der Waals surface area contributed by atoms with Gasteiger partial charge in [-0.2, -0.15) is 4.98 Å². The Bertz CT molecular complexity index is 431. The molecule has 6 nitrogen and oxygen atoms in total. The number of nitrogens with zero attached hydrogens (tertiary/aromatic N) is 3. The Balaban J connectivity index is 3.04. The summed E-state index contributed by atoms with van der Waals surface area (Å²) in [5.74, 6) is 0.150. The summed E-state index contributed by atoms with van der Waals surface area (Å²) in [7, 11) is 0. The van der Waals surface area contributed by atoms with Gasteiger partial charge in [0.2, 0.25) is 11.1 Å². The summed E-state index contributed by atoms with van der Waals surface area (Å²) in [6, 6.07) is 0.00664. The summed E-state index contributed by atoms with van der Waals surface area (Å²) >= 11 is 5.63. The fourth-order valence-corrected chi connectivity index (χ4v) is 1.15. The first kappa shape index (κ1) is 13.6. The van der Waals surface area contributed by atoms with Crippen LogP contribution in [-0.4, -0.2) is 20.9 Å². The van der Waals surface area contributed by atoms with Gasteiger partial charge < -0.3 is 5.32 Å². The minimum atomic E-state index is -0.534. The van der Waals surface area contributed by atoms with E-state index in [0.29, 0.717) is 0 Å². The average molecular weight is 259 g/mol. The summed E-state index contributed by atoms with van der Waals surface area (Å²) in [6.07, 6.45) is 1.10. The number of hydrogen-bond donors (Lipinski definition) is 1. The van der Waals surface area contributed by atoms with Crippen LogP contribution >= 0.6 is 11.6 Å². The third-order valence-corrected chi connectivity index (χ3v) is 2.77. The molecule has 1 N–H and O–H groups in total. The zero-order valence-electron chi connectivity index (χ0n) is 10.2. The van der Waals surface area contributed by atoms with E-state index in [2.05, 4.69) is 15.3 Å². The Morgan fingerprint density at radius 2 is 2.12 bits per heavy atom. The van der Waals surface area contributed by atoms with Gasteiger partial charge in [-0.1, -0.05) is 20.8 Å². The van der Waals surface area contributed by atoms with E-state index >= 15 is 0 Å². The molecule has 1 aromatic heterocycles. The van der Waals surface area contributed by atoms with Gasteiger partial charge in [-0.25, -0.2) is 4.98 Å². The molecule has 0 aliphatic rings. The number of halogens is 1. The Morgan fingerprint density at radius 3 is 2.59 bits per heavy atom. The van der Waals surface area contributed by atoms with Crippen LogP contribution in [0.1, 0.15) is 27.7 Å². The first-order chi connectivity index (χ1) is 7.71. The van der Waals surface area contributed by atoms with Gasteiger partial charge >= 0.3 is 5.69 Å². The second kappa shape index (κ2) is 4.83. The Morgan fingerprint density at radius 1 is 1.53 bits per heavy atom. The van der Waals surface area contributed by atoms with Crippen LogP contribution < -0.4 is 5.32 Å². The largest absolute Gasteiger partial charge is 0.361 e. The number of anilines is 1. The van der Waals surface area contributed by atoms with Gasteiger partial charge in [-0.15, -0.1) is 0 Å². The van der Waals surface area contributed by atoms with Gasteiger partial charge in [0, 0.05) is 6.04 Å². The Hall–Kier alpha value is -1.43.